The molecule has 0 amide bonds. The molecule has 1 nitrogen and oxygen atoms in total. The molecule has 1 atom stereocenters. The molecule has 0 heterocycles. The standard InChI is InChI=1S/C12H25NS/c1-4-11-5-7-12(8-6-11)13-10(2)9-14-3/h10-13H,4-9H2,1-3H3. The molecule has 0 radical (unpaired) electrons. The van der Waals surface area contributed by atoms with E-state index in [1.54, 1.807) is 0 Å². The maximum Gasteiger partial charge on any atom is 0.0132 e. The predicted octanol–water partition coefficient (Wildman–Crippen LogP) is 3.30. The zero-order valence-corrected chi connectivity index (χ0v) is 10.7. The van der Waals surface area contributed by atoms with Gasteiger partial charge in [0.1, 0.15) is 0 Å². The first kappa shape index (κ1) is 12.4. The molecule has 0 bridgehead atoms. The molecule has 1 aliphatic rings. The van der Waals surface area contributed by atoms with Crippen molar-refractivity contribution in [3.05, 3.63) is 0 Å². The van der Waals surface area contributed by atoms with Crippen molar-refractivity contribution in [3.63, 3.8) is 0 Å². The molecule has 0 aromatic rings. The van der Waals surface area contributed by atoms with Crippen LogP contribution in [-0.4, -0.2) is 24.1 Å². The van der Waals surface area contributed by atoms with Crippen molar-refractivity contribution in [1.82, 2.24) is 5.32 Å². The van der Waals surface area contributed by atoms with Crippen LogP contribution in [0.25, 0.3) is 0 Å². The van der Waals surface area contributed by atoms with E-state index in [4.69, 9.17) is 0 Å². The molecule has 0 aromatic carbocycles. The molecule has 84 valence electrons. The van der Waals surface area contributed by atoms with Crippen LogP contribution in [0.2, 0.25) is 0 Å². The highest BCUT2D eigenvalue weighted by atomic mass is 32.2. The fourth-order valence-corrected chi connectivity index (χ4v) is 3.03. The lowest BCUT2D eigenvalue weighted by Gasteiger charge is -2.30. The quantitative estimate of drug-likeness (QED) is 0.755. The van der Waals surface area contributed by atoms with Crippen molar-refractivity contribution < 1.29 is 0 Å². The number of thioether (sulfide) groups is 1. The molecule has 1 unspecified atom stereocenters. The summed E-state index contributed by atoms with van der Waals surface area (Å²) in [7, 11) is 0. The predicted molar refractivity (Wildman–Crippen MR) is 67.0 cm³/mol. The summed E-state index contributed by atoms with van der Waals surface area (Å²) in [6.07, 6.45) is 9.26. The minimum Gasteiger partial charge on any atom is -0.311 e. The van der Waals surface area contributed by atoms with E-state index in [0.717, 1.165) is 12.0 Å². The number of hydrogen-bond donors (Lipinski definition) is 1. The van der Waals surface area contributed by atoms with Crippen LogP contribution >= 0.6 is 11.8 Å². The first-order valence-corrected chi connectivity index (χ1v) is 7.40. The van der Waals surface area contributed by atoms with Gasteiger partial charge in [-0.2, -0.15) is 11.8 Å². The molecule has 0 spiro atoms. The van der Waals surface area contributed by atoms with Gasteiger partial charge in [0.25, 0.3) is 0 Å². The Morgan fingerprint density at radius 3 is 2.43 bits per heavy atom. The highest BCUT2D eigenvalue weighted by Crippen LogP contribution is 2.26. The molecule has 0 saturated heterocycles. The third-order valence-corrected chi connectivity index (χ3v) is 4.19. The third-order valence-electron chi connectivity index (χ3n) is 3.36. The fraction of sp³-hybridized carbons (Fsp3) is 1.00. The Hall–Kier alpha value is 0.310. The topological polar surface area (TPSA) is 12.0 Å². The maximum atomic E-state index is 3.74. The average Bonchev–Trinajstić information content (AvgIpc) is 2.19. The Labute approximate surface area is 93.4 Å². The van der Waals surface area contributed by atoms with Gasteiger partial charge >= 0.3 is 0 Å². The van der Waals surface area contributed by atoms with Gasteiger partial charge in [-0.05, 0) is 44.8 Å². The number of nitrogens with one attached hydrogen (secondary N) is 1. The van der Waals surface area contributed by atoms with E-state index in [-0.39, 0.29) is 0 Å². The lowest BCUT2D eigenvalue weighted by molar-refractivity contribution is 0.276. The Morgan fingerprint density at radius 1 is 1.29 bits per heavy atom. The second kappa shape index (κ2) is 6.73. The molecule has 0 aliphatic heterocycles. The summed E-state index contributed by atoms with van der Waals surface area (Å²) in [6, 6.07) is 1.49. The maximum absolute atomic E-state index is 3.74. The van der Waals surface area contributed by atoms with Crippen LogP contribution in [0, 0.1) is 5.92 Å². The van der Waals surface area contributed by atoms with E-state index in [0.29, 0.717) is 6.04 Å². The van der Waals surface area contributed by atoms with Crippen LogP contribution in [0.4, 0.5) is 0 Å². The van der Waals surface area contributed by atoms with E-state index in [9.17, 15) is 0 Å². The second-order valence-corrected chi connectivity index (χ2v) is 5.56. The number of hydrogen-bond acceptors (Lipinski definition) is 2. The van der Waals surface area contributed by atoms with Crippen molar-refractivity contribution in [3.8, 4) is 0 Å². The third kappa shape index (κ3) is 4.22. The highest BCUT2D eigenvalue weighted by molar-refractivity contribution is 7.98. The van der Waals surface area contributed by atoms with Crippen molar-refractivity contribution in [2.24, 2.45) is 5.92 Å². The molecular formula is C12H25NS. The van der Waals surface area contributed by atoms with Crippen LogP contribution in [0.1, 0.15) is 46.0 Å². The molecule has 2 heteroatoms. The summed E-state index contributed by atoms with van der Waals surface area (Å²) in [5.41, 5.74) is 0. The SMILES string of the molecule is CCC1CCC(NC(C)CSC)CC1. The second-order valence-electron chi connectivity index (χ2n) is 4.65. The summed E-state index contributed by atoms with van der Waals surface area (Å²) >= 11 is 1.94. The fourth-order valence-electron chi connectivity index (χ4n) is 2.44. The highest BCUT2D eigenvalue weighted by Gasteiger charge is 2.20. The van der Waals surface area contributed by atoms with Crippen molar-refractivity contribution >= 4 is 11.8 Å². The molecule has 1 N–H and O–H groups in total. The Morgan fingerprint density at radius 2 is 1.93 bits per heavy atom. The van der Waals surface area contributed by atoms with Gasteiger partial charge in [-0.15, -0.1) is 0 Å². The van der Waals surface area contributed by atoms with Gasteiger partial charge in [0.2, 0.25) is 0 Å². The smallest absolute Gasteiger partial charge is 0.0132 e. The van der Waals surface area contributed by atoms with Gasteiger partial charge in [-0.3, -0.25) is 0 Å². The molecular weight excluding hydrogens is 190 g/mol. The Balaban J connectivity index is 2.15. The van der Waals surface area contributed by atoms with E-state index < -0.39 is 0 Å². The first-order chi connectivity index (χ1) is 6.76. The van der Waals surface area contributed by atoms with Crippen molar-refractivity contribution in [1.29, 1.82) is 0 Å². The Bertz CT molecular complexity index is 141. The van der Waals surface area contributed by atoms with Gasteiger partial charge in [-0.25, -0.2) is 0 Å². The van der Waals surface area contributed by atoms with Crippen LogP contribution in [0.5, 0.6) is 0 Å². The number of rotatable bonds is 5. The van der Waals surface area contributed by atoms with Crippen LogP contribution in [0.15, 0.2) is 0 Å². The van der Waals surface area contributed by atoms with Gasteiger partial charge in [0.15, 0.2) is 0 Å². The van der Waals surface area contributed by atoms with Crippen molar-refractivity contribution in [2.75, 3.05) is 12.0 Å². The molecule has 1 saturated carbocycles. The van der Waals surface area contributed by atoms with Crippen LogP contribution in [0.3, 0.4) is 0 Å². The first-order valence-electron chi connectivity index (χ1n) is 6.01. The molecule has 1 aliphatic carbocycles. The molecule has 14 heavy (non-hydrogen) atoms. The molecule has 1 fully saturated rings. The van der Waals surface area contributed by atoms with Gasteiger partial charge in [0, 0.05) is 17.8 Å². The summed E-state index contributed by atoms with van der Waals surface area (Å²) in [5.74, 6) is 2.26. The zero-order valence-electron chi connectivity index (χ0n) is 9.88. The average molecular weight is 215 g/mol. The van der Waals surface area contributed by atoms with E-state index in [2.05, 4.69) is 25.4 Å². The van der Waals surface area contributed by atoms with E-state index >= 15 is 0 Å². The van der Waals surface area contributed by atoms with Gasteiger partial charge in [0.05, 0.1) is 0 Å². The van der Waals surface area contributed by atoms with Gasteiger partial charge in [-0.1, -0.05) is 13.3 Å². The molecule has 0 aromatic heterocycles. The van der Waals surface area contributed by atoms with E-state index in [1.165, 1.54) is 37.9 Å². The lowest BCUT2D eigenvalue weighted by Crippen LogP contribution is -2.40. The van der Waals surface area contributed by atoms with Gasteiger partial charge < -0.3 is 5.32 Å². The summed E-state index contributed by atoms with van der Waals surface area (Å²) < 4.78 is 0. The van der Waals surface area contributed by atoms with Crippen molar-refractivity contribution in [2.45, 2.75) is 58.0 Å². The minimum absolute atomic E-state index is 0.688. The minimum atomic E-state index is 0.688. The summed E-state index contributed by atoms with van der Waals surface area (Å²) in [5, 5.41) is 3.74. The van der Waals surface area contributed by atoms with Crippen LogP contribution < -0.4 is 5.32 Å². The van der Waals surface area contributed by atoms with E-state index in [1.807, 2.05) is 11.8 Å². The lowest BCUT2D eigenvalue weighted by atomic mass is 9.84. The summed E-state index contributed by atoms with van der Waals surface area (Å²) in [6.45, 7) is 4.64. The normalized spacial score (nSPS) is 30.2. The molecule has 1 rings (SSSR count). The van der Waals surface area contributed by atoms with Crippen LogP contribution in [-0.2, 0) is 0 Å². The zero-order chi connectivity index (χ0) is 10.4. The summed E-state index contributed by atoms with van der Waals surface area (Å²) in [4.78, 5) is 0. The monoisotopic (exact) mass is 215 g/mol. The Kier molecular flexibility index (Phi) is 5.95. The largest absolute Gasteiger partial charge is 0.311 e.